The second-order valence-electron chi connectivity index (χ2n) is 4.19. The number of halogens is 2. The van der Waals surface area contributed by atoms with Gasteiger partial charge in [-0.25, -0.2) is 4.39 Å². The van der Waals surface area contributed by atoms with Crippen LogP contribution >= 0.6 is 11.6 Å². The van der Waals surface area contributed by atoms with E-state index in [-0.39, 0.29) is 5.02 Å². The summed E-state index contributed by atoms with van der Waals surface area (Å²) in [5.74, 6) is 0.465. The maximum atomic E-state index is 13.1. The third-order valence-corrected chi connectivity index (χ3v) is 2.81. The predicted molar refractivity (Wildman–Crippen MR) is 79.1 cm³/mol. The molecule has 0 aliphatic rings. The number of pyridine rings is 1. The van der Waals surface area contributed by atoms with E-state index < -0.39 is 5.82 Å². The molecule has 106 valence electrons. The summed E-state index contributed by atoms with van der Waals surface area (Å²) in [5.41, 5.74) is 6.89. The van der Waals surface area contributed by atoms with Crippen LogP contribution in [-0.4, -0.2) is 11.6 Å². The van der Waals surface area contributed by atoms with Crippen molar-refractivity contribution in [2.24, 2.45) is 0 Å². The molecular formula is C14H15ClFN3O. The van der Waals surface area contributed by atoms with Crippen LogP contribution in [0.25, 0.3) is 0 Å². The van der Waals surface area contributed by atoms with Gasteiger partial charge in [-0.15, -0.1) is 0 Å². The molecule has 3 N–H and O–H groups in total. The highest BCUT2D eigenvalue weighted by atomic mass is 35.5. The molecule has 0 unspecified atom stereocenters. The summed E-state index contributed by atoms with van der Waals surface area (Å²) in [4.78, 5) is 4.26. The quantitative estimate of drug-likeness (QED) is 0.875. The zero-order valence-corrected chi connectivity index (χ0v) is 11.7. The van der Waals surface area contributed by atoms with Gasteiger partial charge in [0.25, 0.3) is 0 Å². The first-order valence-corrected chi connectivity index (χ1v) is 6.59. The molecule has 0 saturated heterocycles. The number of anilines is 3. The highest BCUT2D eigenvalue weighted by Crippen LogP contribution is 2.25. The van der Waals surface area contributed by atoms with Gasteiger partial charge in [0.05, 0.1) is 17.3 Å². The summed E-state index contributed by atoms with van der Waals surface area (Å²) < 4.78 is 18.5. The molecule has 0 aliphatic carbocycles. The average Bonchev–Trinajstić information content (AvgIpc) is 2.43. The van der Waals surface area contributed by atoms with Crippen molar-refractivity contribution < 1.29 is 9.13 Å². The minimum absolute atomic E-state index is 0.0490. The first-order chi connectivity index (χ1) is 9.60. The lowest BCUT2D eigenvalue weighted by Crippen LogP contribution is -2.03. The number of nitrogens with zero attached hydrogens (tertiary/aromatic N) is 1. The minimum atomic E-state index is -0.463. The maximum Gasteiger partial charge on any atom is 0.239 e. The van der Waals surface area contributed by atoms with E-state index in [1.165, 1.54) is 12.1 Å². The van der Waals surface area contributed by atoms with Crippen LogP contribution in [0.2, 0.25) is 5.02 Å². The molecule has 1 aromatic heterocycles. The highest BCUT2D eigenvalue weighted by molar-refractivity contribution is 6.31. The topological polar surface area (TPSA) is 60.2 Å². The Kier molecular flexibility index (Phi) is 4.63. The van der Waals surface area contributed by atoms with E-state index in [1.54, 1.807) is 18.2 Å². The van der Waals surface area contributed by atoms with Crippen molar-refractivity contribution in [3.8, 4) is 5.88 Å². The molecule has 6 heteroatoms. The van der Waals surface area contributed by atoms with Crippen molar-refractivity contribution in [2.75, 3.05) is 17.7 Å². The molecule has 2 aromatic rings. The molecule has 4 nitrogen and oxygen atoms in total. The van der Waals surface area contributed by atoms with Crippen molar-refractivity contribution in [2.45, 2.75) is 13.3 Å². The summed E-state index contributed by atoms with van der Waals surface area (Å²) in [7, 11) is 0. The van der Waals surface area contributed by atoms with Crippen LogP contribution in [0.1, 0.15) is 13.3 Å². The molecular weight excluding hydrogens is 281 g/mol. The van der Waals surface area contributed by atoms with Crippen LogP contribution in [0.15, 0.2) is 30.3 Å². The van der Waals surface area contributed by atoms with Gasteiger partial charge in [0, 0.05) is 5.69 Å². The van der Waals surface area contributed by atoms with Crippen molar-refractivity contribution in [3.63, 3.8) is 0 Å². The standard InChI is InChI=1S/C14H15ClFN3O/c1-2-7-20-14-12(17)5-6-13(19-14)18-9-3-4-11(16)10(15)8-9/h3-6,8H,2,7,17H2,1H3,(H,18,19). The van der Waals surface area contributed by atoms with Crippen LogP contribution in [-0.2, 0) is 0 Å². The van der Waals surface area contributed by atoms with Gasteiger partial charge in [-0.05, 0) is 36.8 Å². The third-order valence-electron chi connectivity index (χ3n) is 2.52. The molecule has 20 heavy (non-hydrogen) atoms. The predicted octanol–water partition coefficient (Wildman–Crippen LogP) is 3.99. The van der Waals surface area contributed by atoms with Crippen LogP contribution in [0.5, 0.6) is 5.88 Å². The van der Waals surface area contributed by atoms with E-state index in [0.717, 1.165) is 6.42 Å². The Morgan fingerprint density at radius 1 is 1.35 bits per heavy atom. The molecule has 0 fully saturated rings. The number of nitrogens with one attached hydrogen (secondary N) is 1. The number of hydrogen-bond donors (Lipinski definition) is 2. The van der Waals surface area contributed by atoms with Gasteiger partial charge < -0.3 is 15.8 Å². The van der Waals surface area contributed by atoms with Crippen LogP contribution < -0.4 is 15.8 Å². The van der Waals surface area contributed by atoms with Gasteiger partial charge in [-0.2, -0.15) is 4.98 Å². The third kappa shape index (κ3) is 3.51. The smallest absolute Gasteiger partial charge is 0.239 e. The van der Waals surface area contributed by atoms with Crippen LogP contribution in [0, 0.1) is 5.82 Å². The van der Waals surface area contributed by atoms with Gasteiger partial charge in [-0.1, -0.05) is 18.5 Å². The zero-order chi connectivity index (χ0) is 14.5. The Morgan fingerprint density at radius 2 is 2.15 bits per heavy atom. The van der Waals surface area contributed by atoms with E-state index in [9.17, 15) is 4.39 Å². The Hall–Kier alpha value is -2.01. The summed E-state index contributed by atoms with van der Waals surface area (Å²) >= 11 is 5.72. The van der Waals surface area contributed by atoms with Crippen LogP contribution in [0.4, 0.5) is 21.6 Å². The Balaban J connectivity index is 2.18. The summed E-state index contributed by atoms with van der Waals surface area (Å²) in [5, 5.41) is 3.07. The van der Waals surface area contributed by atoms with Gasteiger partial charge in [0.2, 0.25) is 5.88 Å². The Morgan fingerprint density at radius 3 is 2.85 bits per heavy atom. The van der Waals surface area contributed by atoms with E-state index in [1.807, 2.05) is 6.92 Å². The van der Waals surface area contributed by atoms with Gasteiger partial charge in [-0.3, -0.25) is 0 Å². The van der Waals surface area contributed by atoms with Gasteiger partial charge in [0.1, 0.15) is 11.6 Å². The molecule has 0 bridgehead atoms. The molecule has 0 saturated carbocycles. The zero-order valence-electron chi connectivity index (χ0n) is 11.0. The summed E-state index contributed by atoms with van der Waals surface area (Å²) in [6.07, 6.45) is 0.867. The van der Waals surface area contributed by atoms with Crippen molar-refractivity contribution >= 4 is 28.8 Å². The second kappa shape index (κ2) is 6.43. The largest absolute Gasteiger partial charge is 0.476 e. The first kappa shape index (κ1) is 14.4. The lowest BCUT2D eigenvalue weighted by Gasteiger charge is -2.10. The van der Waals surface area contributed by atoms with E-state index in [2.05, 4.69) is 10.3 Å². The van der Waals surface area contributed by atoms with Crippen LogP contribution in [0.3, 0.4) is 0 Å². The summed E-state index contributed by atoms with van der Waals surface area (Å²) in [6, 6.07) is 7.76. The Bertz CT molecular complexity index is 607. The van der Waals surface area contributed by atoms with Crippen molar-refractivity contribution in [1.29, 1.82) is 0 Å². The van der Waals surface area contributed by atoms with Crippen molar-refractivity contribution in [3.05, 3.63) is 41.2 Å². The molecule has 1 aromatic carbocycles. The lowest BCUT2D eigenvalue weighted by molar-refractivity contribution is 0.307. The average molecular weight is 296 g/mol. The Labute approximate surface area is 121 Å². The number of benzene rings is 1. The minimum Gasteiger partial charge on any atom is -0.476 e. The molecule has 0 amide bonds. The molecule has 0 aliphatic heterocycles. The van der Waals surface area contributed by atoms with Gasteiger partial charge >= 0.3 is 0 Å². The normalized spacial score (nSPS) is 10.3. The molecule has 0 radical (unpaired) electrons. The van der Waals surface area contributed by atoms with Gasteiger partial charge in [0.15, 0.2) is 0 Å². The fraction of sp³-hybridized carbons (Fsp3) is 0.214. The molecule has 1 heterocycles. The number of nitrogens with two attached hydrogens (primary N) is 1. The fourth-order valence-electron chi connectivity index (χ4n) is 1.56. The molecule has 0 spiro atoms. The number of nitrogen functional groups attached to an aromatic ring is 1. The SMILES string of the molecule is CCCOc1nc(Nc2ccc(F)c(Cl)c2)ccc1N. The van der Waals surface area contributed by atoms with E-state index in [0.29, 0.717) is 29.7 Å². The number of hydrogen-bond acceptors (Lipinski definition) is 4. The monoisotopic (exact) mass is 295 g/mol. The maximum absolute atomic E-state index is 13.1. The highest BCUT2D eigenvalue weighted by Gasteiger charge is 2.06. The summed E-state index contributed by atoms with van der Waals surface area (Å²) in [6.45, 7) is 2.54. The number of aromatic nitrogens is 1. The molecule has 0 atom stereocenters. The van der Waals surface area contributed by atoms with E-state index >= 15 is 0 Å². The number of ether oxygens (including phenoxy) is 1. The second-order valence-corrected chi connectivity index (χ2v) is 4.60. The molecule has 2 rings (SSSR count). The lowest BCUT2D eigenvalue weighted by atomic mass is 10.3. The fourth-order valence-corrected chi connectivity index (χ4v) is 1.74. The van der Waals surface area contributed by atoms with E-state index in [4.69, 9.17) is 22.1 Å². The van der Waals surface area contributed by atoms with Crippen molar-refractivity contribution in [1.82, 2.24) is 4.98 Å². The number of rotatable bonds is 5. The first-order valence-electron chi connectivity index (χ1n) is 6.21.